The lowest BCUT2D eigenvalue weighted by Crippen LogP contribution is -2.32. The highest BCUT2D eigenvalue weighted by Crippen LogP contribution is 2.18. The van der Waals surface area contributed by atoms with Gasteiger partial charge in [0.15, 0.2) is 0 Å². The molecule has 1 aromatic heterocycles. The lowest BCUT2D eigenvalue weighted by molar-refractivity contribution is 0.100. The number of amides is 1. The number of nitrogens with one attached hydrogen (secondary N) is 1. The van der Waals surface area contributed by atoms with Crippen molar-refractivity contribution >= 4 is 23.4 Å². The Kier molecular flexibility index (Phi) is 5.24. The van der Waals surface area contributed by atoms with E-state index in [-0.39, 0.29) is 17.9 Å². The van der Waals surface area contributed by atoms with Gasteiger partial charge in [-0.05, 0) is 19.2 Å². The molecule has 6 heteroatoms. The normalized spacial score (nSPS) is 14.1. The topological polar surface area (TPSA) is 88.2 Å². The van der Waals surface area contributed by atoms with Crippen molar-refractivity contribution in [2.75, 3.05) is 18.2 Å². The third-order valence-electron chi connectivity index (χ3n) is 2.51. The molecule has 17 heavy (non-hydrogen) atoms. The fourth-order valence-electron chi connectivity index (χ4n) is 1.49. The number of thioether (sulfide) groups is 1. The van der Waals surface area contributed by atoms with Gasteiger partial charge in [0.1, 0.15) is 0 Å². The van der Waals surface area contributed by atoms with Crippen LogP contribution in [-0.4, -0.2) is 40.2 Å². The van der Waals surface area contributed by atoms with Crippen LogP contribution >= 0.6 is 11.8 Å². The quantitative estimate of drug-likeness (QED) is 0.696. The van der Waals surface area contributed by atoms with E-state index in [9.17, 15) is 9.90 Å². The van der Waals surface area contributed by atoms with E-state index in [1.165, 1.54) is 6.20 Å². The van der Waals surface area contributed by atoms with Crippen LogP contribution < -0.4 is 11.1 Å². The van der Waals surface area contributed by atoms with Gasteiger partial charge in [-0.3, -0.25) is 9.78 Å². The molecule has 4 N–H and O–H groups in total. The van der Waals surface area contributed by atoms with Crippen molar-refractivity contribution < 1.29 is 9.90 Å². The summed E-state index contributed by atoms with van der Waals surface area (Å²) in [5.41, 5.74) is 6.26. The van der Waals surface area contributed by atoms with E-state index in [0.29, 0.717) is 11.3 Å². The van der Waals surface area contributed by atoms with Crippen LogP contribution in [0.4, 0.5) is 5.69 Å². The van der Waals surface area contributed by atoms with Crippen LogP contribution in [0.3, 0.4) is 0 Å². The zero-order chi connectivity index (χ0) is 12.8. The molecule has 0 saturated heterocycles. The summed E-state index contributed by atoms with van der Waals surface area (Å²) in [4.78, 5) is 15.1. The first-order valence-electron chi connectivity index (χ1n) is 5.24. The summed E-state index contributed by atoms with van der Waals surface area (Å²) in [6.07, 6.45) is 4.96. The highest BCUT2D eigenvalue weighted by atomic mass is 32.2. The molecule has 1 aromatic rings. The number of hydrogen-bond acceptors (Lipinski definition) is 5. The van der Waals surface area contributed by atoms with Gasteiger partial charge in [-0.15, -0.1) is 0 Å². The Labute approximate surface area is 105 Å². The molecule has 0 aliphatic carbocycles. The Hall–Kier alpha value is -1.27. The third kappa shape index (κ3) is 3.61. The number of anilines is 1. The number of rotatable bonds is 6. The van der Waals surface area contributed by atoms with Gasteiger partial charge in [-0.2, -0.15) is 11.8 Å². The molecule has 0 fully saturated rings. The van der Waals surface area contributed by atoms with E-state index in [2.05, 4.69) is 10.3 Å². The highest BCUT2D eigenvalue weighted by molar-refractivity contribution is 7.99. The van der Waals surface area contributed by atoms with Gasteiger partial charge in [-0.1, -0.05) is 0 Å². The summed E-state index contributed by atoms with van der Waals surface area (Å²) in [6, 6.07) is 1.72. The second kappa shape index (κ2) is 6.46. The molecule has 0 aromatic carbocycles. The molecule has 1 heterocycles. The van der Waals surface area contributed by atoms with Crippen LogP contribution in [0.1, 0.15) is 17.3 Å². The maximum absolute atomic E-state index is 11.2. The second-order valence-corrected chi connectivity index (χ2v) is 4.75. The van der Waals surface area contributed by atoms with Crippen molar-refractivity contribution in [3.63, 3.8) is 0 Å². The first-order chi connectivity index (χ1) is 8.10. The van der Waals surface area contributed by atoms with Crippen molar-refractivity contribution in [1.82, 2.24) is 4.98 Å². The Morgan fingerprint density at radius 1 is 1.71 bits per heavy atom. The summed E-state index contributed by atoms with van der Waals surface area (Å²) in [7, 11) is 0. The maximum atomic E-state index is 11.2. The number of aliphatic hydroxyl groups excluding tert-OH is 1. The average molecular weight is 255 g/mol. The van der Waals surface area contributed by atoms with E-state index in [1.54, 1.807) is 24.0 Å². The fourth-order valence-corrected chi connectivity index (χ4v) is 2.12. The van der Waals surface area contributed by atoms with Crippen LogP contribution in [0, 0.1) is 0 Å². The molecule has 5 nitrogen and oxygen atoms in total. The predicted molar refractivity (Wildman–Crippen MR) is 70.2 cm³/mol. The smallest absolute Gasteiger partial charge is 0.252 e. The minimum atomic E-state index is -0.516. The zero-order valence-electron chi connectivity index (χ0n) is 9.88. The van der Waals surface area contributed by atoms with Crippen molar-refractivity contribution in [3.05, 3.63) is 24.0 Å². The van der Waals surface area contributed by atoms with Crippen molar-refractivity contribution in [3.8, 4) is 0 Å². The van der Waals surface area contributed by atoms with E-state index >= 15 is 0 Å². The zero-order valence-corrected chi connectivity index (χ0v) is 10.7. The predicted octanol–water partition coefficient (Wildman–Crippen LogP) is 0.705. The lowest BCUT2D eigenvalue weighted by Gasteiger charge is -2.23. The monoisotopic (exact) mass is 255 g/mol. The van der Waals surface area contributed by atoms with Gasteiger partial charge in [0.25, 0.3) is 5.91 Å². The summed E-state index contributed by atoms with van der Waals surface area (Å²) < 4.78 is 0. The number of aromatic nitrogens is 1. The molecule has 0 bridgehead atoms. The molecule has 0 aliphatic heterocycles. The van der Waals surface area contributed by atoms with Gasteiger partial charge in [0.2, 0.25) is 0 Å². The van der Waals surface area contributed by atoms with Crippen molar-refractivity contribution in [1.29, 1.82) is 0 Å². The van der Waals surface area contributed by atoms with Crippen molar-refractivity contribution in [2.24, 2.45) is 5.73 Å². The third-order valence-corrected chi connectivity index (χ3v) is 3.67. The second-order valence-electron chi connectivity index (χ2n) is 3.68. The number of carbonyl (C=O) groups is 1. The van der Waals surface area contributed by atoms with Crippen LogP contribution in [0.2, 0.25) is 0 Å². The standard InChI is InChI=1S/C11H17N3O2S/c1-7(10(6-15)17-2)14-9-3-4-13-5-8(9)11(12)16/h3-5,7,10,15H,6H2,1-2H3,(H2,12,16)(H,13,14). The molecule has 1 rings (SSSR count). The molecule has 0 aliphatic rings. The van der Waals surface area contributed by atoms with E-state index in [1.807, 2.05) is 13.2 Å². The number of pyridine rings is 1. The van der Waals surface area contributed by atoms with Crippen molar-refractivity contribution in [2.45, 2.75) is 18.2 Å². The van der Waals surface area contributed by atoms with Gasteiger partial charge >= 0.3 is 0 Å². The number of nitrogens with two attached hydrogens (primary N) is 1. The lowest BCUT2D eigenvalue weighted by atomic mass is 10.2. The number of hydrogen-bond donors (Lipinski definition) is 3. The van der Waals surface area contributed by atoms with Gasteiger partial charge in [-0.25, -0.2) is 0 Å². The molecule has 0 spiro atoms. The van der Waals surface area contributed by atoms with Crippen LogP contribution in [0.15, 0.2) is 18.5 Å². The maximum Gasteiger partial charge on any atom is 0.252 e. The van der Waals surface area contributed by atoms with Crippen LogP contribution in [0.5, 0.6) is 0 Å². The Balaban J connectivity index is 2.84. The SMILES string of the molecule is CSC(CO)C(C)Nc1ccncc1C(N)=O. The number of aliphatic hydroxyl groups is 1. The Morgan fingerprint density at radius 2 is 2.41 bits per heavy atom. The van der Waals surface area contributed by atoms with Gasteiger partial charge in [0.05, 0.1) is 17.9 Å². The largest absolute Gasteiger partial charge is 0.395 e. The Morgan fingerprint density at radius 3 is 2.94 bits per heavy atom. The van der Waals surface area contributed by atoms with E-state index in [0.717, 1.165) is 0 Å². The minimum absolute atomic E-state index is 0.0236. The summed E-state index contributed by atoms with van der Waals surface area (Å²) in [5.74, 6) is -0.516. The fraction of sp³-hybridized carbons (Fsp3) is 0.455. The first kappa shape index (κ1) is 13.8. The summed E-state index contributed by atoms with van der Waals surface area (Å²) >= 11 is 1.57. The molecule has 0 radical (unpaired) electrons. The minimum Gasteiger partial charge on any atom is -0.395 e. The van der Waals surface area contributed by atoms with E-state index < -0.39 is 5.91 Å². The number of primary amides is 1. The van der Waals surface area contributed by atoms with Gasteiger partial charge < -0.3 is 16.2 Å². The number of carbonyl (C=O) groups excluding carboxylic acids is 1. The van der Waals surface area contributed by atoms with Crippen LogP contribution in [-0.2, 0) is 0 Å². The molecular weight excluding hydrogens is 238 g/mol. The molecule has 94 valence electrons. The molecule has 1 amide bonds. The molecule has 2 unspecified atom stereocenters. The summed E-state index contributed by atoms with van der Waals surface area (Å²) in [5, 5.41) is 12.4. The first-order valence-corrected chi connectivity index (χ1v) is 6.53. The van der Waals surface area contributed by atoms with E-state index in [4.69, 9.17) is 5.73 Å². The molecule has 0 saturated carbocycles. The summed E-state index contributed by atoms with van der Waals surface area (Å²) in [6.45, 7) is 2.02. The molecular formula is C11H17N3O2S. The Bertz CT molecular complexity index is 383. The van der Waals surface area contributed by atoms with Gasteiger partial charge in [0, 0.05) is 23.7 Å². The highest BCUT2D eigenvalue weighted by Gasteiger charge is 2.17. The average Bonchev–Trinajstić information content (AvgIpc) is 2.31. The molecule has 2 atom stereocenters. The van der Waals surface area contributed by atoms with Crippen LogP contribution in [0.25, 0.3) is 0 Å². The number of nitrogens with zero attached hydrogens (tertiary/aromatic N) is 1.